The van der Waals surface area contributed by atoms with E-state index in [9.17, 15) is 0 Å². The van der Waals surface area contributed by atoms with Crippen molar-refractivity contribution >= 4 is 20.0 Å². The van der Waals surface area contributed by atoms with Crippen LogP contribution in [0.3, 0.4) is 0 Å². The third-order valence-electron chi connectivity index (χ3n) is 5.07. The summed E-state index contributed by atoms with van der Waals surface area (Å²) < 4.78 is 11.9. The lowest BCUT2D eigenvalue weighted by Crippen LogP contribution is -2.39. The van der Waals surface area contributed by atoms with Gasteiger partial charge in [0.1, 0.15) is 0 Å². The zero-order chi connectivity index (χ0) is 20.9. The predicted octanol–water partition coefficient (Wildman–Crippen LogP) is 5.01. The molecule has 0 aromatic heterocycles. The van der Waals surface area contributed by atoms with E-state index in [4.69, 9.17) is 8.85 Å². The molecule has 0 amide bonds. The molecular formula is C25H36NO2Si. The molecule has 4 heteroatoms. The van der Waals surface area contributed by atoms with Gasteiger partial charge < -0.3 is 13.8 Å². The number of hydrogen-bond donors (Lipinski definition) is 0. The van der Waals surface area contributed by atoms with Gasteiger partial charge in [-0.25, -0.2) is 0 Å². The summed E-state index contributed by atoms with van der Waals surface area (Å²) in [6.45, 7) is 12.7. The van der Waals surface area contributed by atoms with E-state index < -0.39 is 9.28 Å². The van der Waals surface area contributed by atoms with Crippen LogP contribution in [0.4, 0.5) is 0 Å². The second-order valence-corrected chi connectivity index (χ2v) is 9.16. The van der Waals surface area contributed by atoms with Crippen molar-refractivity contribution in [2.24, 2.45) is 0 Å². The largest absolute Gasteiger partial charge is 0.423 e. The normalized spacial score (nSPS) is 11.3. The highest BCUT2D eigenvalue weighted by Crippen LogP contribution is 2.20. The van der Waals surface area contributed by atoms with Crippen molar-refractivity contribution in [3.63, 3.8) is 0 Å². The molecule has 2 rings (SSSR count). The van der Waals surface area contributed by atoms with Crippen molar-refractivity contribution in [2.45, 2.75) is 39.5 Å². The van der Waals surface area contributed by atoms with Gasteiger partial charge in [0.05, 0.1) is 0 Å². The number of hydrogen-bond acceptors (Lipinski definition) is 3. The summed E-state index contributed by atoms with van der Waals surface area (Å²) >= 11 is 0. The highest BCUT2D eigenvalue weighted by molar-refractivity contribution is 6.61. The SMILES string of the molecule is C=C(c1ccccc1)c1ccc([Si](OC)OCCN(CCCC)CCCC)cc1. The van der Waals surface area contributed by atoms with Crippen LogP contribution in [-0.4, -0.2) is 47.5 Å². The molecule has 3 nitrogen and oxygen atoms in total. The Morgan fingerprint density at radius 2 is 1.45 bits per heavy atom. The van der Waals surface area contributed by atoms with Crippen LogP contribution >= 0.6 is 0 Å². The Balaban J connectivity index is 1.91. The Hall–Kier alpha value is -1.72. The molecule has 0 saturated carbocycles. The van der Waals surface area contributed by atoms with Crippen LogP contribution in [0, 0.1) is 0 Å². The molecule has 0 aliphatic heterocycles. The lowest BCUT2D eigenvalue weighted by molar-refractivity contribution is 0.180. The molecule has 0 saturated heterocycles. The minimum absolute atomic E-state index is 0.716. The molecule has 0 spiro atoms. The van der Waals surface area contributed by atoms with Gasteiger partial charge in [-0.3, -0.25) is 0 Å². The third kappa shape index (κ3) is 7.90. The smallest absolute Gasteiger partial charge is 0.393 e. The first-order valence-electron chi connectivity index (χ1n) is 10.8. The molecule has 0 unspecified atom stereocenters. The summed E-state index contributed by atoms with van der Waals surface area (Å²) in [5.74, 6) is 0. The molecule has 0 atom stereocenters. The molecule has 29 heavy (non-hydrogen) atoms. The summed E-state index contributed by atoms with van der Waals surface area (Å²) in [6, 6.07) is 18.8. The zero-order valence-corrected chi connectivity index (χ0v) is 19.3. The van der Waals surface area contributed by atoms with E-state index in [2.05, 4.69) is 61.7 Å². The average molecular weight is 411 g/mol. The number of unbranched alkanes of at least 4 members (excludes halogenated alkanes) is 2. The first kappa shape index (κ1) is 23.6. The fourth-order valence-corrected chi connectivity index (χ4v) is 4.48. The average Bonchev–Trinajstić information content (AvgIpc) is 2.78. The maximum atomic E-state index is 6.17. The second kappa shape index (κ2) is 13.5. The standard InChI is InChI=1S/C25H36NO2Si/c1-5-7-18-26(19-8-6-2)20-21-28-29(27-4)25-16-14-24(15-17-25)22(3)23-12-10-9-11-13-23/h9-17H,3,5-8,18-21H2,1-2,4H3. The van der Waals surface area contributed by atoms with Crippen molar-refractivity contribution in [3.8, 4) is 0 Å². The lowest BCUT2D eigenvalue weighted by Gasteiger charge is -2.23. The van der Waals surface area contributed by atoms with Crippen LogP contribution in [0.5, 0.6) is 0 Å². The molecule has 0 heterocycles. The minimum atomic E-state index is -1.46. The molecule has 1 radical (unpaired) electrons. The van der Waals surface area contributed by atoms with Gasteiger partial charge in [-0.15, -0.1) is 0 Å². The molecule has 0 aliphatic carbocycles. The van der Waals surface area contributed by atoms with Crippen LogP contribution < -0.4 is 5.19 Å². The van der Waals surface area contributed by atoms with E-state index in [0.717, 1.165) is 41.5 Å². The third-order valence-corrected chi connectivity index (χ3v) is 6.72. The van der Waals surface area contributed by atoms with Gasteiger partial charge in [0, 0.05) is 20.3 Å². The van der Waals surface area contributed by atoms with E-state index in [1.54, 1.807) is 7.11 Å². The van der Waals surface area contributed by atoms with E-state index in [-0.39, 0.29) is 0 Å². The van der Waals surface area contributed by atoms with E-state index in [1.807, 2.05) is 18.2 Å². The minimum Gasteiger partial charge on any atom is -0.393 e. The van der Waals surface area contributed by atoms with Gasteiger partial charge in [0.25, 0.3) is 0 Å². The first-order valence-corrected chi connectivity index (χ1v) is 12.1. The quantitative estimate of drug-likeness (QED) is 0.409. The van der Waals surface area contributed by atoms with Gasteiger partial charge in [0.2, 0.25) is 0 Å². The van der Waals surface area contributed by atoms with Crippen LogP contribution in [0.15, 0.2) is 61.2 Å². The van der Waals surface area contributed by atoms with Gasteiger partial charge >= 0.3 is 9.28 Å². The van der Waals surface area contributed by atoms with Crippen molar-refractivity contribution in [3.05, 3.63) is 72.3 Å². The molecule has 0 aliphatic rings. The summed E-state index contributed by atoms with van der Waals surface area (Å²) in [7, 11) is 0.288. The molecule has 157 valence electrons. The highest BCUT2D eigenvalue weighted by Gasteiger charge is 2.18. The van der Waals surface area contributed by atoms with Crippen molar-refractivity contribution in [1.29, 1.82) is 0 Å². The van der Waals surface area contributed by atoms with Crippen LogP contribution in [-0.2, 0) is 8.85 Å². The van der Waals surface area contributed by atoms with Gasteiger partial charge in [0.15, 0.2) is 0 Å². The molecule has 0 bridgehead atoms. The van der Waals surface area contributed by atoms with Crippen molar-refractivity contribution in [1.82, 2.24) is 4.90 Å². The van der Waals surface area contributed by atoms with Crippen molar-refractivity contribution in [2.75, 3.05) is 33.4 Å². The molecule has 0 N–H and O–H groups in total. The summed E-state index contributed by atoms with van der Waals surface area (Å²) in [5.41, 5.74) is 3.31. The van der Waals surface area contributed by atoms with Crippen LogP contribution in [0.25, 0.3) is 5.57 Å². The Morgan fingerprint density at radius 3 is 2.00 bits per heavy atom. The first-order chi connectivity index (χ1) is 14.2. The van der Waals surface area contributed by atoms with Gasteiger partial charge in [-0.2, -0.15) is 0 Å². The Labute approximate surface area is 179 Å². The molecule has 2 aromatic carbocycles. The molecule has 2 aromatic rings. The van der Waals surface area contributed by atoms with E-state index in [0.29, 0.717) is 6.61 Å². The maximum absolute atomic E-state index is 6.17. The molecule has 0 fully saturated rings. The van der Waals surface area contributed by atoms with Gasteiger partial charge in [-0.05, 0) is 47.8 Å². The fraction of sp³-hybridized carbons (Fsp3) is 0.440. The topological polar surface area (TPSA) is 21.7 Å². The Morgan fingerprint density at radius 1 is 0.862 bits per heavy atom. The summed E-state index contributed by atoms with van der Waals surface area (Å²) in [6.07, 6.45) is 4.96. The van der Waals surface area contributed by atoms with Crippen LogP contribution in [0.1, 0.15) is 50.7 Å². The summed E-state index contributed by atoms with van der Waals surface area (Å²) in [4.78, 5) is 2.52. The molecular weight excluding hydrogens is 374 g/mol. The van der Waals surface area contributed by atoms with E-state index in [1.165, 1.54) is 25.7 Å². The predicted molar refractivity (Wildman–Crippen MR) is 126 cm³/mol. The second-order valence-electron chi connectivity index (χ2n) is 7.31. The van der Waals surface area contributed by atoms with Gasteiger partial charge in [-0.1, -0.05) is 87.9 Å². The van der Waals surface area contributed by atoms with Crippen molar-refractivity contribution < 1.29 is 8.85 Å². The summed E-state index contributed by atoms with van der Waals surface area (Å²) in [5, 5.41) is 1.13. The maximum Gasteiger partial charge on any atom is 0.423 e. The number of nitrogens with zero attached hydrogens (tertiary/aromatic N) is 1. The fourth-order valence-electron chi connectivity index (χ4n) is 3.24. The van der Waals surface area contributed by atoms with Crippen LogP contribution in [0.2, 0.25) is 0 Å². The highest BCUT2D eigenvalue weighted by atomic mass is 28.3. The Bertz CT molecular complexity index is 695. The van der Waals surface area contributed by atoms with E-state index >= 15 is 0 Å². The number of rotatable bonds is 14. The number of benzene rings is 2. The zero-order valence-electron chi connectivity index (χ0n) is 18.3. The monoisotopic (exact) mass is 410 g/mol. The Kier molecular flexibility index (Phi) is 11.0. The lowest BCUT2D eigenvalue weighted by atomic mass is 10.00.